The number of anilines is 6. The summed E-state index contributed by atoms with van der Waals surface area (Å²) in [6.07, 6.45) is 0. The third-order valence-electron chi connectivity index (χ3n) is 16.4. The van der Waals surface area contributed by atoms with Gasteiger partial charge in [0, 0.05) is 122 Å². The summed E-state index contributed by atoms with van der Waals surface area (Å²) < 4.78 is 14.4. The zero-order chi connectivity index (χ0) is 53.8. The minimum Gasteiger partial charge on any atom is -0.456 e. The van der Waals surface area contributed by atoms with Gasteiger partial charge in [0.15, 0.2) is 0 Å². The molecule has 4 heterocycles. The lowest BCUT2D eigenvalue weighted by Gasteiger charge is -2.26. The summed E-state index contributed by atoms with van der Waals surface area (Å²) in [4.78, 5) is 4.83. The van der Waals surface area contributed by atoms with E-state index < -0.39 is 0 Å². The molecule has 0 unspecified atom stereocenters. The Balaban J connectivity index is 0.859. The zero-order valence-electron chi connectivity index (χ0n) is 44.1. The Morgan fingerprint density at radius 2 is 0.671 bits per heavy atom. The van der Waals surface area contributed by atoms with Crippen LogP contribution >= 0.6 is 34.0 Å². The molecule has 0 saturated heterocycles. The van der Waals surface area contributed by atoms with Crippen LogP contribution in [0.15, 0.2) is 283 Å². The highest BCUT2D eigenvalue weighted by atomic mass is 32.1. The molecule has 384 valence electrons. The highest BCUT2D eigenvalue weighted by molar-refractivity contribution is 7.27. The van der Waals surface area contributed by atoms with Crippen molar-refractivity contribution in [1.29, 1.82) is 0 Å². The topological polar surface area (TPSA) is 19.6 Å². The van der Waals surface area contributed by atoms with Crippen LogP contribution in [0.2, 0.25) is 0 Å². The Kier molecular flexibility index (Phi) is 10.8. The van der Waals surface area contributed by atoms with Gasteiger partial charge in [-0.25, -0.2) is 0 Å². The summed E-state index contributed by atoms with van der Waals surface area (Å²) >= 11 is 5.63. The molecule has 3 nitrogen and oxygen atoms in total. The van der Waals surface area contributed by atoms with Crippen LogP contribution in [-0.2, 0) is 0 Å². The molecular weight excluding hydrogens is 1050 g/mol. The summed E-state index contributed by atoms with van der Waals surface area (Å²) in [6.45, 7) is 0. The predicted octanol–water partition coefficient (Wildman–Crippen LogP) is 23.8. The van der Waals surface area contributed by atoms with Gasteiger partial charge in [0.05, 0.1) is 0 Å². The smallest absolute Gasteiger partial charge is 0.135 e. The van der Waals surface area contributed by atoms with E-state index in [0.29, 0.717) is 0 Å². The van der Waals surface area contributed by atoms with E-state index in [9.17, 15) is 0 Å². The van der Waals surface area contributed by atoms with Gasteiger partial charge >= 0.3 is 0 Å². The van der Waals surface area contributed by atoms with E-state index in [4.69, 9.17) is 4.42 Å². The first-order valence-electron chi connectivity index (χ1n) is 27.7. The quantitative estimate of drug-likeness (QED) is 0.144. The summed E-state index contributed by atoms with van der Waals surface area (Å²) in [5, 5.41) is 12.3. The van der Waals surface area contributed by atoms with E-state index in [2.05, 4.69) is 289 Å². The van der Waals surface area contributed by atoms with Crippen LogP contribution in [0.5, 0.6) is 0 Å². The number of thiophene rings is 3. The third kappa shape index (κ3) is 7.60. The fraction of sp³-hybridized carbons (Fsp3) is 0. The van der Waals surface area contributed by atoms with Crippen molar-refractivity contribution in [2.24, 2.45) is 0 Å². The first kappa shape index (κ1) is 47.0. The van der Waals surface area contributed by atoms with Gasteiger partial charge in [0.2, 0.25) is 0 Å². The maximum atomic E-state index is 6.77. The first-order valence-corrected chi connectivity index (χ1v) is 30.1. The maximum absolute atomic E-state index is 6.77. The molecule has 0 aliphatic carbocycles. The van der Waals surface area contributed by atoms with E-state index in [0.717, 1.165) is 67.2 Å². The van der Waals surface area contributed by atoms with Gasteiger partial charge in [-0.15, -0.1) is 34.0 Å². The molecule has 0 aliphatic heterocycles. The lowest BCUT2D eigenvalue weighted by atomic mass is 9.96. The second-order valence-electron chi connectivity index (χ2n) is 21.1. The van der Waals surface area contributed by atoms with E-state index in [1.54, 1.807) is 0 Å². The summed E-state index contributed by atoms with van der Waals surface area (Å²) in [5.41, 5.74) is 15.5. The summed E-state index contributed by atoms with van der Waals surface area (Å²) in [6, 6.07) is 102. The average Bonchev–Trinajstić information content (AvgIpc) is 4.40. The molecule has 0 bridgehead atoms. The summed E-state index contributed by atoms with van der Waals surface area (Å²) in [5.74, 6) is 0. The van der Waals surface area contributed by atoms with Gasteiger partial charge in [0.1, 0.15) is 11.2 Å². The number of nitrogens with zero attached hydrogens (tertiary/aromatic N) is 2. The largest absolute Gasteiger partial charge is 0.456 e. The number of fused-ring (bicyclic) bond motifs is 14. The number of furan rings is 1. The van der Waals surface area contributed by atoms with Crippen LogP contribution in [0.4, 0.5) is 34.1 Å². The Bertz CT molecular complexity index is 5310. The van der Waals surface area contributed by atoms with E-state index >= 15 is 0 Å². The maximum Gasteiger partial charge on any atom is 0.135 e. The van der Waals surface area contributed by atoms with Crippen LogP contribution in [0, 0.1) is 0 Å². The lowest BCUT2D eigenvalue weighted by molar-refractivity contribution is 0.669. The molecular formula is C76H46N2OS3. The zero-order valence-corrected chi connectivity index (χ0v) is 46.5. The Morgan fingerprint density at radius 3 is 1.22 bits per heavy atom. The molecule has 13 aromatic carbocycles. The van der Waals surface area contributed by atoms with Gasteiger partial charge in [0.25, 0.3) is 0 Å². The summed E-state index contributed by atoms with van der Waals surface area (Å²) in [7, 11) is 0. The van der Waals surface area contributed by atoms with Crippen molar-refractivity contribution in [2.45, 2.75) is 0 Å². The Labute approximate surface area is 484 Å². The first-order chi connectivity index (χ1) is 40.6. The van der Waals surface area contributed by atoms with Crippen molar-refractivity contribution in [1.82, 2.24) is 0 Å². The fourth-order valence-electron chi connectivity index (χ4n) is 12.6. The molecule has 0 atom stereocenters. The number of benzene rings is 13. The average molecular weight is 1100 g/mol. The molecule has 82 heavy (non-hydrogen) atoms. The Hall–Kier alpha value is -9.82. The SMILES string of the molecule is c1ccc(-c2cc3ccccc3c3c2sc2ccc(N(c4ccccc4)c4cc(-c5ccc6oc7ccc(-c8cc(N(c9ccccc9)c9ccccc9)cc9c8sc8ccccc89)cc7c6c5)c5sc6ccccc6c5c4)cc23)cc1. The van der Waals surface area contributed by atoms with Crippen molar-refractivity contribution in [3.05, 3.63) is 279 Å². The molecule has 0 fully saturated rings. The van der Waals surface area contributed by atoms with E-state index in [1.807, 2.05) is 34.0 Å². The van der Waals surface area contributed by atoms with Crippen LogP contribution < -0.4 is 9.80 Å². The fourth-order valence-corrected chi connectivity index (χ4v) is 16.3. The standard InChI is InChI=1S/C76H46N2OS3/c1-5-19-47(20-6-1)60-39-48-21-13-14-28-57(48)73-67-42-54(35-38-72(67)82-76(60)73)78(53-26-11-4-12-27-53)56-44-62(75-66(46-56)59-30-16-18-32-71(59)81-75)50-34-37-69-64(41-50)63-40-49(33-36-68(63)79-69)61-43-55(45-65-58-29-15-17-31-70(58)80-74(61)65)77(51-22-7-2-8-23-51)52-24-9-3-10-25-52/h1-46H. The molecule has 6 heteroatoms. The molecule has 0 aliphatic rings. The molecule has 4 aromatic heterocycles. The monoisotopic (exact) mass is 1100 g/mol. The number of rotatable bonds is 9. The van der Waals surface area contributed by atoms with Gasteiger partial charge in [-0.3, -0.25) is 0 Å². The molecule has 17 rings (SSSR count). The predicted molar refractivity (Wildman–Crippen MR) is 356 cm³/mol. The second-order valence-corrected chi connectivity index (χ2v) is 24.3. The third-order valence-corrected chi connectivity index (χ3v) is 20.0. The highest BCUT2D eigenvalue weighted by Gasteiger charge is 2.24. The number of hydrogen-bond donors (Lipinski definition) is 0. The van der Waals surface area contributed by atoms with Crippen molar-refractivity contribution in [3.8, 4) is 33.4 Å². The minimum absolute atomic E-state index is 0.866. The molecule has 0 spiro atoms. The van der Waals surface area contributed by atoms with Crippen molar-refractivity contribution < 1.29 is 4.42 Å². The van der Waals surface area contributed by atoms with Crippen molar-refractivity contribution >= 4 is 161 Å². The van der Waals surface area contributed by atoms with E-state index in [-0.39, 0.29) is 0 Å². The molecule has 0 saturated carbocycles. The van der Waals surface area contributed by atoms with Crippen molar-refractivity contribution in [2.75, 3.05) is 9.80 Å². The molecule has 0 radical (unpaired) electrons. The normalized spacial score (nSPS) is 11.9. The molecule has 17 aromatic rings. The van der Waals surface area contributed by atoms with Gasteiger partial charge in [-0.1, -0.05) is 158 Å². The lowest BCUT2D eigenvalue weighted by Crippen LogP contribution is -2.10. The van der Waals surface area contributed by atoms with Crippen LogP contribution in [0.3, 0.4) is 0 Å². The van der Waals surface area contributed by atoms with Crippen LogP contribution in [0.1, 0.15) is 0 Å². The van der Waals surface area contributed by atoms with Crippen LogP contribution in [0.25, 0.3) is 127 Å². The van der Waals surface area contributed by atoms with Crippen LogP contribution in [-0.4, -0.2) is 0 Å². The van der Waals surface area contributed by atoms with Gasteiger partial charge < -0.3 is 14.2 Å². The number of para-hydroxylation sites is 3. The minimum atomic E-state index is 0.866. The van der Waals surface area contributed by atoms with Gasteiger partial charge in [-0.2, -0.15) is 0 Å². The van der Waals surface area contributed by atoms with E-state index in [1.165, 1.54) is 93.5 Å². The molecule has 0 N–H and O–H groups in total. The number of hydrogen-bond acceptors (Lipinski definition) is 6. The van der Waals surface area contributed by atoms with Crippen molar-refractivity contribution in [3.63, 3.8) is 0 Å². The van der Waals surface area contributed by atoms with Gasteiger partial charge in [-0.05, 0) is 149 Å². The molecule has 0 amide bonds. The second kappa shape index (κ2) is 18.9. The Morgan fingerprint density at radius 1 is 0.244 bits per heavy atom. The highest BCUT2D eigenvalue weighted by Crippen LogP contribution is 2.51.